The van der Waals surface area contributed by atoms with E-state index in [4.69, 9.17) is 4.98 Å². The van der Waals surface area contributed by atoms with Crippen LogP contribution in [-0.4, -0.2) is 25.1 Å². The van der Waals surface area contributed by atoms with Gasteiger partial charge in [-0.15, -0.1) is 0 Å². The number of nitrogens with zero attached hydrogens (tertiary/aromatic N) is 3. The predicted octanol–water partition coefficient (Wildman–Crippen LogP) is 5.97. The van der Waals surface area contributed by atoms with Crippen molar-refractivity contribution < 1.29 is 4.39 Å². The second kappa shape index (κ2) is 6.88. The van der Waals surface area contributed by atoms with Gasteiger partial charge in [-0.1, -0.05) is 36.4 Å². The van der Waals surface area contributed by atoms with Crippen molar-refractivity contribution in [2.75, 3.05) is 0 Å². The lowest BCUT2D eigenvalue weighted by Crippen LogP contribution is -1.84. The Morgan fingerprint density at radius 1 is 0.774 bits per heavy atom. The van der Waals surface area contributed by atoms with Crippen LogP contribution in [-0.2, 0) is 0 Å². The Bertz CT molecular complexity index is 1550. The van der Waals surface area contributed by atoms with E-state index in [1.165, 1.54) is 12.1 Å². The lowest BCUT2D eigenvalue weighted by molar-refractivity contribution is 0.628. The van der Waals surface area contributed by atoms with Gasteiger partial charge in [-0.05, 0) is 47.5 Å². The fraction of sp³-hybridized carbons (Fsp3) is 0. The summed E-state index contributed by atoms with van der Waals surface area (Å²) >= 11 is 0. The van der Waals surface area contributed by atoms with Crippen LogP contribution in [0.15, 0.2) is 85.2 Å². The molecule has 0 saturated heterocycles. The molecule has 0 fully saturated rings. The molecule has 148 valence electrons. The summed E-state index contributed by atoms with van der Waals surface area (Å²) in [4.78, 5) is 12.4. The molecule has 0 unspecified atom stereocenters. The van der Waals surface area contributed by atoms with Gasteiger partial charge in [-0.3, -0.25) is 10.1 Å². The monoisotopic (exact) mass is 405 g/mol. The van der Waals surface area contributed by atoms with Crippen LogP contribution in [0.2, 0.25) is 0 Å². The molecular formula is C25H16FN5. The third-order valence-corrected chi connectivity index (χ3v) is 5.43. The molecule has 3 aromatic heterocycles. The third kappa shape index (κ3) is 2.97. The van der Waals surface area contributed by atoms with E-state index in [-0.39, 0.29) is 5.82 Å². The number of rotatable bonds is 3. The van der Waals surface area contributed by atoms with Crippen molar-refractivity contribution in [1.29, 1.82) is 0 Å². The topological polar surface area (TPSA) is 70.2 Å². The second-order valence-corrected chi connectivity index (χ2v) is 7.37. The lowest BCUT2D eigenvalue weighted by Gasteiger charge is -2.02. The molecule has 3 heterocycles. The lowest BCUT2D eigenvalue weighted by atomic mass is 10.0. The summed E-state index contributed by atoms with van der Waals surface area (Å²) in [5.41, 5.74) is 7.06. The minimum Gasteiger partial charge on any atom is -0.337 e. The van der Waals surface area contributed by atoms with Gasteiger partial charge >= 0.3 is 0 Å². The highest BCUT2D eigenvalue weighted by molar-refractivity contribution is 5.98. The minimum atomic E-state index is -0.272. The van der Waals surface area contributed by atoms with E-state index in [1.807, 2.05) is 54.7 Å². The van der Waals surface area contributed by atoms with Crippen LogP contribution in [0.25, 0.3) is 55.7 Å². The molecule has 0 radical (unpaired) electrons. The fourth-order valence-corrected chi connectivity index (χ4v) is 3.94. The first-order valence-electron chi connectivity index (χ1n) is 9.90. The molecule has 31 heavy (non-hydrogen) atoms. The Balaban J connectivity index is 1.52. The molecular weight excluding hydrogens is 389 g/mol. The van der Waals surface area contributed by atoms with Crippen LogP contribution in [0.1, 0.15) is 0 Å². The predicted molar refractivity (Wildman–Crippen MR) is 120 cm³/mol. The molecule has 6 aromatic rings. The summed E-state index contributed by atoms with van der Waals surface area (Å²) in [6.07, 6.45) is 3.60. The Morgan fingerprint density at radius 3 is 2.55 bits per heavy atom. The zero-order valence-electron chi connectivity index (χ0n) is 16.3. The van der Waals surface area contributed by atoms with Crippen molar-refractivity contribution in [1.82, 2.24) is 25.1 Å². The largest absolute Gasteiger partial charge is 0.337 e. The average molecular weight is 405 g/mol. The number of halogens is 1. The van der Waals surface area contributed by atoms with Crippen molar-refractivity contribution in [2.45, 2.75) is 0 Å². The highest BCUT2D eigenvalue weighted by Crippen LogP contribution is 2.33. The summed E-state index contributed by atoms with van der Waals surface area (Å²) in [6, 6.07) is 22.5. The molecule has 0 aliphatic rings. The van der Waals surface area contributed by atoms with Gasteiger partial charge in [0.25, 0.3) is 0 Å². The van der Waals surface area contributed by atoms with Gasteiger partial charge in [0, 0.05) is 28.9 Å². The molecule has 0 aliphatic carbocycles. The molecule has 0 spiro atoms. The number of para-hydroxylation sites is 1. The van der Waals surface area contributed by atoms with E-state index in [0.29, 0.717) is 5.82 Å². The van der Waals surface area contributed by atoms with Crippen LogP contribution in [0.5, 0.6) is 0 Å². The van der Waals surface area contributed by atoms with E-state index >= 15 is 0 Å². The number of H-pyrrole nitrogens is 2. The number of aromatic amines is 2. The van der Waals surface area contributed by atoms with Crippen LogP contribution < -0.4 is 0 Å². The number of hydrogen-bond donors (Lipinski definition) is 2. The number of aromatic nitrogens is 5. The maximum absolute atomic E-state index is 13.8. The summed E-state index contributed by atoms with van der Waals surface area (Å²) in [5, 5.41) is 8.57. The number of imidazole rings is 1. The molecule has 6 rings (SSSR count). The minimum absolute atomic E-state index is 0.272. The molecule has 0 amide bonds. The quantitative estimate of drug-likeness (QED) is 0.381. The van der Waals surface area contributed by atoms with Crippen LogP contribution in [0, 0.1) is 5.82 Å². The van der Waals surface area contributed by atoms with Crippen LogP contribution in [0.4, 0.5) is 4.39 Å². The Hall–Kier alpha value is -4.32. The van der Waals surface area contributed by atoms with E-state index in [1.54, 1.807) is 12.3 Å². The van der Waals surface area contributed by atoms with Gasteiger partial charge in [-0.2, -0.15) is 5.10 Å². The first-order chi connectivity index (χ1) is 15.3. The zero-order chi connectivity index (χ0) is 20.8. The smallest absolute Gasteiger partial charge is 0.159 e. The Kier molecular flexibility index (Phi) is 3.89. The summed E-state index contributed by atoms with van der Waals surface area (Å²) < 4.78 is 13.8. The molecule has 6 heteroatoms. The van der Waals surface area contributed by atoms with Crippen molar-refractivity contribution in [3.63, 3.8) is 0 Å². The van der Waals surface area contributed by atoms with Crippen molar-refractivity contribution in [3.05, 3.63) is 91.0 Å². The maximum atomic E-state index is 13.8. The van der Waals surface area contributed by atoms with Crippen molar-refractivity contribution in [2.24, 2.45) is 0 Å². The van der Waals surface area contributed by atoms with Gasteiger partial charge in [0.2, 0.25) is 0 Å². The van der Waals surface area contributed by atoms with Crippen LogP contribution in [0.3, 0.4) is 0 Å². The molecule has 0 aliphatic heterocycles. The van der Waals surface area contributed by atoms with Gasteiger partial charge in [-0.25, -0.2) is 9.37 Å². The van der Waals surface area contributed by atoms with Crippen molar-refractivity contribution >= 4 is 21.9 Å². The molecule has 0 atom stereocenters. The zero-order valence-corrected chi connectivity index (χ0v) is 16.3. The highest BCUT2D eigenvalue weighted by atomic mass is 19.1. The SMILES string of the molecule is Fc1cccc(-c2cccc3[nH]c(-c4n[nH]c5ccc(-c6cccnc6)cc45)nc23)c1. The summed E-state index contributed by atoms with van der Waals surface area (Å²) in [7, 11) is 0. The van der Waals surface area contributed by atoms with Crippen LogP contribution >= 0.6 is 0 Å². The van der Waals surface area contributed by atoms with E-state index in [2.05, 4.69) is 26.2 Å². The molecule has 2 N–H and O–H groups in total. The van der Waals surface area contributed by atoms with E-state index in [0.717, 1.165) is 49.9 Å². The van der Waals surface area contributed by atoms with E-state index in [9.17, 15) is 4.39 Å². The van der Waals surface area contributed by atoms with Gasteiger partial charge < -0.3 is 4.98 Å². The van der Waals surface area contributed by atoms with Crippen molar-refractivity contribution in [3.8, 4) is 33.8 Å². The van der Waals surface area contributed by atoms with Gasteiger partial charge in [0.15, 0.2) is 5.82 Å². The number of fused-ring (bicyclic) bond motifs is 2. The van der Waals surface area contributed by atoms with Gasteiger partial charge in [0.1, 0.15) is 11.5 Å². The number of nitrogens with one attached hydrogen (secondary N) is 2. The Morgan fingerprint density at radius 2 is 1.68 bits per heavy atom. The average Bonchev–Trinajstić information content (AvgIpc) is 3.43. The van der Waals surface area contributed by atoms with Gasteiger partial charge in [0.05, 0.1) is 16.6 Å². The first kappa shape index (κ1) is 17.5. The standard InChI is InChI=1S/C25H16FN5/c26-18-6-1-4-16(12-18)19-7-2-8-22-23(19)29-25(28-22)24-20-13-15(9-10-21(20)30-31-24)17-5-3-11-27-14-17/h1-14H,(H,28,29)(H,30,31). The highest BCUT2D eigenvalue weighted by Gasteiger charge is 2.16. The summed E-state index contributed by atoms with van der Waals surface area (Å²) in [6.45, 7) is 0. The second-order valence-electron chi connectivity index (χ2n) is 7.37. The number of hydrogen-bond acceptors (Lipinski definition) is 3. The molecule has 0 saturated carbocycles. The molecule has 0 bridgehead atoms. The summed E-state index contributed by atoms with van der Waals surface area (Å²) in [5.74, 6) is 0.389. The van der Waals surface area contributed by atoms with E-state index < -0.39 is 0 Å². The molecule has 3 aromatic carbocycles. The first-order valence-corrected chi connectivity index (χ1v) is 9.90. The number of pyridine rings is 1. The third-order valence-electron chi connectivity index (χ3n) is 5.43. The maximum Gasteiger partial charge on any atom is 0.159 e. The normalized spacial score (nSPS) is 11.4. The fourth-order valence-electron chi connectivity index (χ4n) is 3.94. The Labute approximate surface area is 176 Å². The number of benzene rings is 3. The molecule has 5 nitrogen and oxygen atoms in total.